The minimum Gasteiger partial charge on any atom is -0.340 e. The third kappa shape index (κ3) is 4.04. The van der Waals surface area contributed by atoms with Crippen LogP contribution in [-0.4, -0.2) is 15.9 Å². The first-order valence-electron chi connectivity index (χ1n) is 9.04. The highest BCUT2D eigenvalue weighted by molar-refractivity contribution is 5.93. The summed E-state index contributed by atoms with van der Waals surface area (Å²) >= 11 is 0. The highest BCUT2D eigenvalue weighted by Crippen LogP contribution is 2.28. The van der Waals surface area contributed by atoms with Crippen LogP contribution in [-0.2, 0) is 4.79 Å². The zero-order valence-electron chi connectivity index (χ0n) is 15.7. The average Bonchev–Trinajstić information content (AvgIpc) is 2.73. The fourth-order valence-corrected chi connectivity index (χ4v) is 3.04. The van der Waals surface area contributed by atoms with Gasteiger partial charge in [0.15, 0.2) is 5.82 Å². The molecule has 4 aromatic rings. The molecule has 6 nitrogen and oxygen atoms in total. The van der Waals surface area contributed by atoms with Crippen molar-refractivity contribution in [2.45, 2.75) is 6.92 Å². The molecule has 0 radical (unpaired) electrons. The van der Waals surface area contributed by atoms with Gasteiger partial charge in [-0.05, 0) is 42.5 Å². The molecule has 0 aliphatic carbocycles. The molecule has 0 unspecified atom stereocenters. The van der Waals surface area contributed by atoms with Gasteiger partial charge < -0.3 is 10.6 Å². The van der Waals surface area contributed by atoms with Crippen molar-refractivity contribution in [3.05, 3.63) is 78.4 Å². The molecule has 0 aliphatic heterocycles. The maximum absolute atomic E-state index is 11.3. The summed E-state index contributed by atoms with van der Waals surface area (Å²) in [5.41, 5.74) is 3.60. The largest absolute Gasteiger partial charge is 0.340 e. The molecule has 0 aliphatic rings. The molecule has 0 saturated heterocycles. The molecule has 0 bridgehead atoms. The number of hydrogen-bond acceptors (Lipinski definition) is 5. The van der Waals surface area contributed by atoms with Crippen LogP contribution in [0.3, 0.4) is 0 Å². The van der Waals surface area contributed by atoms with Crippen LogP contribution in [0.15, 0.2) is 72.8 Å². The number of carbonyl (C=O) groups excluding carboxylic acids is 1. The minimum atomic E-state index is -0.130. The Morgan fingerprint density at radius 3 is 2.55 bits per heavy atom. The summed E-state index contributed by atoms with van der Waals surface area (Å²) in [6.45, 7) is 1.47. The predicted octanol–water partition coefficient (Wildman–Crippen LogP) is 4.87. The Bertz CT molecular complexity index is 1260. The normalized spacial score (nSPS) is 10.3. The number of rotatable bonds is 4. The molecular weight excluding hydrogens is 362 g/mol. The molecule has 1 amide bonds. The fraction of sp³-hybridized carbons (Fsp3) is 0.0435. The van der Waals surface area contributed by atoms with Crippen molar-refractivity contribution in [1.82, 2.24) is 9.97 Å². The maximum atomic E-state index is 11.3. The third-order valence-electron chi connectivity index (χ3n) is 4.30. The smallest absolute Gasteiger partial charge is 0.221 e. The van der Waals surface area contributed by atoms with Crippen molar-refractivity contribution in [3.63, 3.8) is 0 Å². The maximum Gasteiger partial charge on any atom is 0.221 e. The summed E-state index contributed by atoms with van der Waals surface area (Å²) in [6.07, 6.45) is 0. The van der Waals surface area contributed by atoms with Gasteiger partial charge in [-0.2, -0.15) is 5.26 Å². The highest BCUT2D eigenvalue weighted by Gasteiger charge is 2.10. The second kappa shape index (κ2) is 7.79. The van der Waals surface area contributed by atoms with Gasteiger partial charge in [-0.15, -0.1) is 0 Å². The van der Waals surface area contributed by atoms with E-state index in [4.69, 9.17) is 4.98 Å². The van der Waals surface area contributed by atoms with Crippen LogP contribution >= 0.6 is 0 Å². The molecule has 4 rings (SSSR count). The van der Waals surface area contributed by atoms with E-state index < -0.39 is 0 Å². The van der Waals surface area contributed by atoms with E-state index in [2.05, 4.69) is 21.7 Å². The number of para-hydroxylation sites is 1. The third-order valence-corrected chi connectivity index (χ3v) is 4.30. The second-order valence-corrected chi connectivity index (χ2v) is 6.49. The summed E-state index contributed by atoms with van der Waals surface area (Å²) in [4.78, 5) is 20.7. The fourth-order valence-electron chi connectivity index (χ4n) is 3.04. The molecule has 1 aromatic heterocycles. The van der Waals surface area contributed by atoms with E-state index in [9.17, 15) is 10.1 Å². The molecule has 0 atom stereocenters. The Hall–Kier alpha value is -4.24. The van der Waals surface area contributed by atoms with Gasteiger partial charge in [-0.3, -0.25) is 4.79 Å². The van der Waals surface area contributed by atoms with Crippen LogP contribution in [0.1, 0.15) is 12.5 Å². The number of nitrogens with one attached hydrogen (secondary N) is 2. The quantitative estimate of drug-likeness (QED) is 0.528. The summed E-state index contributed by atoms with van der Waals surface area (Å²) < 4.78 is 0. The topological polar surface area (TPSA) is 90.7 Å². The number of anilines is 3. The summed E-state index contributed by atoms with van der Waals surface area (Å²) in [5, 5.41) is 16.2. The zero-order chi connectivity index (χ0) is 20.2. The van der Waals surface area contributed by atoms with E-state index in [-0.39, 0.29) is 5.91 Å². The van der Waals surface area contributed by atoms with Crippen LogP contribution in [0, 0.1) is 11.3 Å². The van der Waals surface area contributed by atoms with Crippen LogP contribution in [0.25, 0.3) is 22.3 Å². The lowest BCUT2D eigenvalue weighted by molar-refractivity contribution is -0.114. The molecule has 1 heterocycles. The van der Waals surface area contributed by atoms with Gasteiger partial charge in [0.1, 0.15) is 5.82 Å². The zero-order valence-corrected chi connectivity index (χ0v) is 15.7. The number of nitrogens with zero attached hydrogens (tertiary/aromatic N) is 3. The van der Waals surface area contributed by atoms with Crippen molar-refractivity contribution >= 4 is 34.0 Å². The minimum absolute atomic E-state index is 0.130. The first-order chi connectivity index (χ1) is 14.1. The highest BCUT2D eigenvalue weighted by atomic mass is 16.1. The number of hydrogen-bond donors (Lipinski definition) is 2. The molecule has 6 heteroatoms. The van der Waals surface area contributed by atoms with Crippen molar-refractivity contribution in [2.24, 2.45) is 0 Å². The summed E-state index contributed by atoms with van der Waals surface area (Å²) in [7, 11) is 0. The molecule has 29 heavy (non-hydrogen) atoms. The van der Waals surface area contributed by atoms with Gasteiger partial charge in [0, 0.05) is 29.2 Å². The number of fused-ring (bicyclic) bond motifs is 1. The molecule has 3 aromatic carbocycles. The second-order valence-electron chi connectivity index (χ2n) is 6.49. The lowest BCUT2D eigenvalue weighted by Gasteiger charge is -2.12. The Labute approximate surface area is 167 Å². The van der Waals surface area contributed by atoms with E-state index >= 15 is 0 Å². The van der Waals surface area contributed by atoms with Crippen molar-refractivity contribution in [2.75, 3.05) is 10.6 Å². The molecule has 2 N–H and O–H groups in total. The van der Waals surface area contributed by atoms with E-state index in [1.165, 1.54) is 6.92 Å². The summed E-state index contributed by atoms with van der Waals surface area (Å²) in [6, 6.07) is 24.5. The molecule has 0 saturated carbocycles. The van der Waals surface area contributed by atoms with Crippen molar-refractivity contribution < 1.29 is 4.79 Å². The van der Waals surface area contributed by atoms with Crippen LogP contribution in [0.2, 0.25) is 0 Å². The number of carbonyl (C=O) groups is 1. The van der Waals surface area contributed by atoms with E-state index in [0.29, 0.717) is 22.9 Å². The van der Waals surface area contributed by atoms with Crippen LogP contribution in [0.5, 0.6) is 0 Å². The van der Waals surface area contributed by atoms with Crippen molar-refractivity contribution in [1.29, 1.82) is 5.26 Å². The van der Waals surface area contributed by atoms with Crippen molar-refractivity contribution in [3.8, 4) is 17.5 Å². The monoisotopic (exact) mass is 379 g/mol. The van der Waals surface area contributed by atoms with E-state index in [0.717, 1.165) is 22.2 Å². The molecular formula is C23H17N5O. The molecule has 0 fully saturated rings. The number of aromatic nitrogens is 2. The standard InChI is InChI=1S/C23H17N5O/c1-15(29)25-18-8-5-9-19(13-18)26-23-20-10-2-3-11-21(20)27-22(28-23)17-7-4-6-16(12-17)14-24/h2-13H,1H3,(H,25,29)(H,26,27,28). The van der Waals surface area contributed by atoms with Gasteiger partial charge in [-0.1, -0.05) is 30.3 Å². The number of nitriles is 1. The van der Waals surface area contributed by atoms with Crippen LogP contribution in [0.4, 0.5) is 17.2 Å². The van der Waals surface area contributed by atoms with Gasteiger partial charge in [-0.25, -0.2) is 9.97 Å². The van der Waals surface area contributed by atoms with Gasteiger partial charge in [0.05, 0.1) is 17.1 Å². The average molecular weight is 379 g/mol. The lowest BCUT2D eigenvalue weighted by atomic mass is 10.1. The van der Waals surface area contributed by atoms with E-state index in [1.54, 1.807) is 12.1 Å². The first-order valence-corrected chi connectivity index (χ1v) is 9.04. The first kappa shape index (κ1) is 18.1. The van der Waals surface area contributed by atoms with Gasteiger partial charge >= 0.3 is 0 Å². The Balaban J connectivity index is 1.79. The van der Waals surface area contributed by atoms with Gasteiger partial charge in [0.25, 0.3) is 0 Å². The number of benzene rings is 3. The molecule has 140 valence electrons. The summed E-state index contributed by atoms with van der Waals surface area (Å²) in [5.74, 6) is 1.04. The Morgan fingerprint density at radius 2 is 1.72 bits per heavy atom. The molecule has 0 spiro atoms. The number of amides is 1. The predicted molar refractivity (Wildman–Crippen MR) is 114 cm³/mol. The SMILES string of the molecule is CC(=O)Nc1cccc(Nc2nc(-c3cccc(C#N)c3)nc3ccccc23)c1. The van der Waals surface area contributed by atoms with Gasteiger partial charge in [0.2, 0.25) is 5.91 Å². The van der Waals surface area contributed by atoms with E-state index in [1.807, 2.05) is 60.7 Å². The Kier molecular flexibility index (Phi) is 4.87. The van der Waals surface area contributed by atoms with Crippen LogP contribution < -0.4 is 10.6 Å². The Morgan fingerprint density at radius 1 is 0.931 bits per heavy atom. The lowest BCUT2D eigenvalue weighted by Crippen LogP contribution is -2.06.